The van der Waals surface area contributed by atoms with Gasteiger partial charge in [-0.15, -0.1) is 0 Å². The molecule has 0 saturated carbocycles. The summed E-state index contributed by atoms with van der Waals surface area (Å²) in [5, 5.41) is 6.99. The van der Waals surface area contributed by atoms with Gasteiger partial charge in [0.25, 0.3) is 0 Å². The van der Waals surface area contributed by atoms with E-state index in [2.05, 4.69) is 0 Å². The summed E-state index contributed by atoms with van der Waals surface area (Å²) in [6, 6.07) is 2.43. The van der Waals surface area contributed by atoms with Crippen molar-refractivity contribution >= 4 is 18.8 Å². The van der Waals surface area contributed by atoms with Gasteiger partial charge in [0, 0.05) is 6.42 Å². The molecule has 0 bridgehead atoms. The standard InChI is InChI=1S/C14H18BF2NO2/c1-13(2)14(3,4)20-15(19-13)12-10(16)7-9(5-6-18)8-11(12)17/h6-8,18H,5H2,1-4H3. The summed E-state index contributed by atoms with van der Waals surface area (Å²) in [6.45, 7) is 7.30. The average Bonchev–Trinajstić information content (AvgIpc) is 2.46. The quantitative estimate of drug-likeness (QED) is 0.683. The monoisotopic (exact) mass is 281 g/mol. The Bertz CT molecular complexity index is 507. The zero-order chi connectivity index (χ0) is 15.1. The van der Waals surface area contributed by atoms with Crippen LogP contribution in [0.1, 0.15) is 33.3 Å². The summed E-state index contributed by atoms with van der Waals surface area (Å²) >= 11 is 0. The van der Waals surface area contributed by atoms with Gasteiger partial charge in [-0.2, -0.15) is 0 Å². The second-order valence-corrected chi connectivity index (χ2v) is 5.97. The van der Waals surface area contributed by atoms with E-state index in [1.165, 1.54) is 12.1 Å². The molecule has 20 heavy (non-hydrogen) atoms. The Kier molecular flexibility index (Phi) is 3.73. The van der Waals surface area contributed by atoms with Crippen LogP contribution in [0.2, 0.25) is 0 Å². The minimum Gasteiger partial charge on any atom is -0.399 e. The smallest absolute Gasteiger partial charge is 0.399 e. The molecular weight excluding hydrogens is 263 g/mol. The van der Waals surface area contributed by atoms with Gasteiger partial charge in [0.15, 0.2) is 0 Å². The van der Waals surface area contributed by atoms with Crippen LogP contribution >= 0.6 is 0 Å². The molecule has 108 valence electrons. The van der Waals surface area contributed by atoms with Crippen LogP contribution in [-0.2, 0) is 15.7 Å². The lowest BCUT2D eigenvalue weighted by Crippen LogP contribution is -2.41. The van der Waals surface area contributed by atoms with Crippen molar-refractivity contribution < 1.29 is 18.1 Å². The normalized spacial score (nSPS) is 20.2. The van der Waals surface area contributed by atoms with Crippen LogP contribution in [0.25, 0.3) is 0 Å². The number of hydrogen-bond donors (Lipinski definition) is 1. The van der Waals surface area contributed by atoms with Crippen LogP contribution in [0.3, 0.4) is 0 Å². The third-order valence-electron chi connectivity index (χ3n) is 3.97. The molecule has 0 radical (unpaired) electrons. The van der Waals surface area contributed by atoms with E-state index in [-0.39, 0.29) is 11.9 Å². The molecule has 1 aliphatic heterocycles. The Hall–Kier alpha value is -1.27. The zero-order valence-electron chi connectivity index (χ0n) is 12.1. The molecule has 0 spiro atoms. The second-order valence-electron chi connectivity index (χ2n) is 5.97. The number of nitrogens with one attached hydrogen (secondary N) is 1. The maximum atomic E-state index is 14.1. The topological polar surface area (TPSA) is 42.3 Å². The molecule has 1 N–H and O–H groups in total. The van der Waals surface area contributed by atoms with Crippen LogP contribution in [0.15, 0.2) is 12.1 Å². The molecule has 3 nitrogen and oxygen atoms in total. The van der Waals surface area contributed by atoms with Gasteiger partial charge in [-0.25, -0.2) is 8.78 Å². The summed E-state index contributed by atoms with van der Waals surface area (Å²) in [7, 11) is -1.06. The maximum absolute atomic E-state index is 14.1. The Morgan fingerprint density at radius 3 is 1.95 bits per heavy atom. The number of benzene rings is 1. The summed E-state index contributed by atoms with van der Waals surface area (Å²) in [5.74, 6) is -1.42. The van der Waals surface area contributed by atoms with Gasteiger partial charge in [0.05, 0.1) is 16.7 Å². The predicted molar refractivity (Wildman–Crippen MR) is 74.6 cm³/mol. The van der Waals surface area contributed by atoms with Crippen molar-refractivity contribution in [2.24, 2.45) is 0 Å². The highest BCUT2D eigenvalue weighted by Crippen LogP contribution is 2.36. The van der Waals surface area contributed by atoms with E-state index in [9.17, 15) is 8.78 Å². The molecule has 1 aromatic rings. The molecule has 0 aliphatic carbocycles. The van der Waals surface area contributed by atoms with Crippen molar-refractivity contribution in [3.63, 3.8) is 0 Å². The highest BCUT2D eigenvalue weighted by Gasteiger charge is 2.53. The minimum atomic E-state index is -1.06. The fourth-order valence-corrected chi connectivity index (χ4v) is 2.06. The van der Waals surface area contributed by atoms with E-state index in [1.807, 2.05) is 27.7 Å². The molecule has 1 saturated heterocycles. The number of halogens is 2. The van der Waals surface area contributed by atoms with Crippen molar-refractivity contribution in [2.75, 3.05) is 0 Å². The molecule has 2 rings (SSSR count). The molecular formula is C14H18BF2NO2. The van der Waals surface area contributed by atoms with Crippen LogP contribution in [0.5, 0.6) is 0 Å². The van der Waals surface area contributed by atoms with E-state index in [1.54, 1.807) is 0 Å². The van der Waals surface area contributed by atoms with Gasteiger partial charge in [0.2, 0.25) is 0 Å². The maximum Gasteiger partial charge on any atom is 0.500 e. The first-order valence-corrected chi connectivity index (χ1v) is 6.50. The van der Waals surface area contributed by atoms with E-state index in [0.29, 0.717) is 5.56 Å². The van der Waals surface area contributed by atoms with Gasteiger partial charge < -0.3 is 14.7 Å². The molecule has 1 aromatic carbocycles. The lowest BCUT2D eigenvalue weighted by molar-refractivity contribution is 0.00578. The largest absolute Gasteiger partial charge is 0.500 e. The molecule has 0 aromatic heterocycles. The number of hydrogen-bond acceptors (Lipinski definition) is 3. The van der Waals surface area contributed by atoms with Gasteiger partial charge in [-0.3, -0.25) is 0 Å². The molecule has 1 aliphatic rings. The van der Waals surface area contributed by atoms with Crippen LogP contribution in [0.4, 0.5) is 8.78 Å². The van der Waals surface area contributed by atoms with Gasteiger partial charge in [0.1, 0.15) is 11.6 Å². The van der Waals surface area contributed by atoms with Crippen LogP contribution in [0, 0.1) is 17.0 Å². The molecule has 1 fully saturated rings. The second kappa shape index (κ2) is 4.93. The molecule has 0 unspecified atom stereocenters. The van der Waals surface area contributed by atoms with Crippen molar-refractivity contribution in [1.82, 2.24) is 0 Å². The van der Waals surface area contributed by atoms with E-state index in [0.717, 1.165) is 6.21 Å². The van der Waals surface area contributed by atoms with E-state index < -0.39 is 30.0 Å². The highest BCUT2D eigenvalue weighted by molar-refractivity contribution is 6.62. The first-order valence-electron chi connectivity index (χ1n) is 6.50. The van der Waals surface area contributed by atoms with Crippen molar-refractivity contribution in [2.45, 2.75) is 45.3 Å². The molecule has 0 atom stereocenters. The Balaban J connectivity index is 2.38. The van der Waals surface area contributed by atoms with Crippen molar-refractivity contribution in [3.8, 4) is 0 Å². The number of rotatable bonds is 3. The van der Waals surface area contributed by atoms with E-state index in [4.69, 9.17) is 14.7 Å². The summed E-state index contributed by atoms with van der Waals surface area (Å²) < 4.78 is 39.6. The van der Waals surface area contributed by atoms with Gasteiger partial charge >= 0.3 is 7.12 Å². The minimum absolute atomic E-state index is 0.192. The summed E-state index contributed by atoms with van der Waals surface area (Å²) in [6.07, 6.45) is 1.29. The third-order valence-corrected chi connectivity index (χ3v) is 3.97. The molecule has 1 heterocycles. The SMILES string of the molecule is CC1(C)OB(c2c(F)cc(CC=N)cc2F)OC1(C)C. The predicted octanol–water partition coefficient (Wildman–Crippen LogP) is 2.46. The fraction of sp³-hybridized carbons (Fsp3) is 0.500. The third kappa shape index (κ3) is 2.50. The van der Waals surface area contributed by atoms with Crippen molar-refractivity contribution in [3.05, 3.63) is 29.3 Å². The van der Waals surface area contributed by atoms with E-state index >= 15 is 0 Å². The Labute approximate surface area is 117 Å². The Morgan fingerprint density at radius 1 is 1.10 bits per heavy atom. The molecule has 6 heteroatoms. The lowest BCUT2D eigenvalue weighted by Gasteiger charge is -2.32. The first-order chi connectivity index (χ1) is 9.18. The fourth-order valence-electron chi connectivity index (χ4n) is 2.06. The Morgan fingerprint density at radius 2 is 1.55 bits per heavy atom. The van der Waals surface area contributed by atoms with Crippen LogP contribution < -0.4 is 5.46 Å². The first kappa shape index (κ1) is 15.1. The zero-order valence-corrected chi connectivity index (χ0v) is 12.1. The van der Waals surface area contributed by atoms with Gasteiger partial charge in [-0.05, 0) is 51.6 Å². The molecule has 0 amide bonds. The van der Waals surface area contributed by atoms with Crippen molar-refractivity contribution in [1.29, 1.82) is 5.41 Å². The average molecular weight is 281 g/mol. The summed E-state index contributed by atoms with van der Waals surface area (Å²) in [5.41, 5.74) is -1.10. The van der Waals surface area contributed by atoms with Gasteiger partial charge in [-0.1, -0.05) is 0 Å². The highest BCUT2D eigenvalue weighted by atomic mass is 19.1. The lowest BCUT2D eigenvalue weighted by atomic mass is 9.77. The van der Waals surface area contributed by atoms with Crippen LogP contribution in [-0.4, -0.2) is 24.5 Å². The summed E-state index contributed by atoms with van der Waals surface area (Å²) in [4.78, 5) is 0.